The Balaban J connectivity index is 2.01. The zero-order valence-electron chi connectivity index (χ0n) is 11.5. The van der Waals surface area contributed by atoms with Gasteiger partial charge in [0.05, 0.1) is 7.11 Å². The molecule has 1 atom stereocenters. The molecule has 0 fully saturated rings. The largest absolute Gasteiger partial charge is 0.494 e. The summed E-state index contributed by atoms with van der Waals surface area (Å²) in [5, 5.41) is 4.06. The van der Waals surface area contributed by atoms with Gasteiger partial charge in [-0.05, 0) is 42.3 Å². The van der Waals surface area contributed by atoms with Crippen molar-refractivity contribution in [2.75, 3.05) is 7.11 Å². The van der Waals surface area contributed by atoms with E-state index in [-0.39, 0.29) is 17.6 Å². The molecule has 2 nitrogen and oxygen atoms in total. The van der Waals surface area contributed by atoms with Crippen LogP contribution in [0.4, 0.5) is 4.39 Å². The molecule has 0 aliphatic rings. The van der Waals surface area contributed by atoms with Gasteiger partial charge in [0.1, 0.15) is 0 Å². The molecule has 0 bridgehead atoms. The number of ether oxygens (including phenoxy) is 1. The number of methoxy groups -OCH3 is 1. The van der Waals surface area contributed by atoms with Gasteiger partial charge >= 0.3 is 0 Å². The Labute approximate surface area is 123 Å². The van der Waals surface area contributed by atoms with Crippen LogP contribution in [0.2, 0.25) is 5.02 Å². The second-order valence-corrected chi connectivity index (χ2v) is 5.06. The average Bonchev–Trinajstić information content (AvgIpc) is 2.44. The molecule has 0 aromatic heterocycles. The fourth-order valence-electron chi connectivity index (χ4n) is 1.99. The van der Waals surface area contributed by atoms with Crippen molar-refractivity contribution in [2.24, 2.45) is 0 Å². The first kappa shape index (κ1) is 14.8. The van der Waals surface area contributed by atoms with Crippen LogP contribution in [0.3, 0.4) is 0 Å². The van der Waals surface area contributed by atoms with E-state index in [2.05, 4.69) is 5.32 Å². The van der Waals surface area contributed by atoms with Gasteiger partial charge in [-0.2, -0.15) is 0 Å². The molecule has 2 aromatic rings. The van der Waals surface area contributed by atoms with Gasteiger partial charge in [0.15, 0.2) is 11.6 Å². The molecule has 0 heterocycles. The van der Waals surface area contributed by atoms with E-state index in [1.54, 1.807) is 6.07 Å². The fraction of sp³-hybridized carbons (Fsp3) is 0.250. The molecule has 20 heavy (non-hydrogen) atoms. The lowest BCUT2D eigenvalue weighted by atomic mass is 10.1. The van der Waals surface area contributed by atoms with Crippen molar-refractivity contribution in [3.63, 3.8) is 0 Å². The standard InChI is InChI=1S/C16H17ClFNO/c1-11(13-6-7-16(20-2)15(18)9-13)19-10-12-4-3-5-14(17)8-12/h3-9,11,19H,10H2,1-2H3. The van der Waals surface area contributed by atoms with E-state index in [0.29, 0.717) is 11.6 Å². The second kappa shape index (κ2) is 6.73. The molecule has 0 aliphatic carbocycles. The molecule has 0 amide bonds. The molecule has 0 spiro atoms. The third-order valence-electron chi connectivity index (χ3n) is 3.18. The van der Waals surface area contributed by atoms with E-state index in [0.717, 1.165) is 11.1 Å². The van der Waals surface area contributed by atoms with Crippen molar-refractivity contribution in [3.8, 4) is 5.75 Å². The Kier molecular flexibility index (Phi) is 4.99. The lowest BCUT2D eigenvalue weighted by Crippen LogP contribution is -2.18. The number of rotatable bonds is 5. The van der Waals surface area contributed by atoms with Crippen LogP contribution >= 0.6 is 11.6 Å². The SMILES string of the molecule is COc1ccc(C(C)NCc2cccc(Cl)c2)cc1F. The molecule has 2 rings (SSSR count). The van der Waals surface area contributed by atoms with E-state index in [9.17, 15) is 4.39 Å². The summed E-state index contributed by atoms with van der Waals surface area (Å²) >= 11 is 5.94. The van der Waals surface area contributed by atoms with Gasteiger partial charge < -0.3 is 10.1 Å². The minimum atomic E-state index is -0.346. The van der Waals surface area contributed by atoms with Gasteiger partial charge in [-0.3, -0.25) is 0 Å². The second-order valence-electron chi connectivity index (χ2n) is 4.63. The lowest BCUT2D eigenvalue weighted by Gasteiger charge is -2.15. The minimum absolute atomic E-state index is 0.0365. The molecular formula is C16H17ClFNO. The third-order valence-corrected chi connectivity index (χ3v) is 3.41. The van der Waals surface area contributed by atoms with Crippen LogP contribution < -0.4 is 10.1 Å². The molecule has 0 saturated heterocycles. The number of hydrogen-bond donors (Lipinski definition) is 1. The maximum absolute atomic E-state index is 13.7. The summed E-state index contributed by atoms with van der Waals surface area (Å²) in [5.74, 6) is -0.0859. The smallest absolute Gasteiger partial charge is 0.165 e. The zero-order valence-corrected chi connectivity index (χ0v) is 12.2. The summed E-state index contributed by atoms with van der Waals surface area (Å²) in [6.45, 7) is 2.67. The Morgan fingerprint density at radius 1 is 1.25 bits per heavy atom. The predicted molar refractivity (Wildman–Crippen MR) is 79.7 cm³/mol. The monoisotopic (exact) mass is 293 g/mol. The normalized spacial score (nSPS) is 12.2. The Morgan fingerprint density at radius 3 is 2.70 bits per heavy atom. The van der Waals surface area contributed by atoms with E-state index in [4.69, 9.17) is 16.3 Å². The summed E-state index contributed by atoms with van der Waals surface area (Å²) in [7, 11) is 1.46. The van der Waals surface area contributed by atoms with Gasteiger partial charge in [0, 0.05) is 17.6 Å². The van der Waals surface area contributed by atoms with Crippen LogP contribution in [0.15, 0.2) is 42.5 Å². The highest BCUT2D eigenvalue weighted by atomic mass is 35.5. The van der Waals surface area contributed by atoms with Crippen LogP contribution in [0.25, 0.3) is 0 Å². The zero-order chi connectivity index (χ0) is 14.5. The van der Waals surface area contributed by atoms with Gasteiger partial charge in [0.25, 0.3) is 0 Å². The van der Waals surface area contributed by atoms with Crippen molar-refractivity contribution >= 4 is 11.6 Å². The molecule has 0 saturated carbocycles. The van der Waals surface area contributed by atoms with Crippen LogP contribution in [0, 0.1) is 5.82 Å². The van der Waals surface area contributed by atoms with E-state index in [1.807, 2.05) is 37.3 Å². The van der Waals surface area contributed by atoms with E-state index in [1.165, 1.54) is 13.2 Å². The highest BCUT2D eigenvalue weighted by Crippen LogP contribution is 2.22. The maximum atomic E-state index is 13.7. The van der Waals surface area contributed by atoms with Crippen molar-refractivity contribution in [2.45, 2.75) is 19.5 Å². The van der Waals surface area contributed by atoms with E-state index >= 15 is 0 Å². The topological polar surface area (TPSA) is 21.3 Å². The molecule has 2 aromatic carbocycles. The van der Waals surface area contributed by atoms with Crippen LogP contribution in [0.5, 0.6) is 5.75 Å². The van der Waals surface area contributed by atoms with Crippen molar-refractivity contribution in [1.29, 1.82) is 0 Å². The maximum Gasteiger partial charge on any atom is 0.165 e. The lowest BCUT2D eigenvalue weighted by molar-refractivity contribution is 0.385. The molecule has 0 aliphatic heterocycles. The predicted octanol–water partition coefficient (Wildman–Crippen LogP) is 4.34. The van der Waals surface area contributed by atoms with Crippen LogP contribution in [-0.2, 0) is 6.54 Å². The summed E-state index contributed by atoms with van der Waals surface area (Å²) in [6.07, 6.45) is 0. The van der Waals surface area contributed by atoms with Gasteiger partial charge in [-0.25, -0.2) is 4.39 Å². The average molecular weight is 294 g/mol. The summed E-state index contributed by atoms with van der Waals surface area (Å²) in [4.78, 5) is 0. The van der Waals surface area contributed by atoms with Crippen molar-refractivity contribution in [1.82, 2.24) is 5.32 Å². The summed E-state index contributed by atoms with van der Waals surface area (Å²) < 4.78 is 18.6. The van der Waals surface area contributed by atoms with Gasteiger partial charge in [-0.15, -0.1) is 0 Å². The number of benzene rings is 2. The first-order valence-corrected chi connectivity index (χ1v) is 6.79. The number of nitrogens with one attached hydrogen (secondary N) is 1. The van der Waals surface area contributed by atoms with Gasteiger partial charge in [0.2, 0.25) is 0 Å². The van der Waals surface area contributed by atoms with Crippen molar-refractivity contribution < 1.29 is 9.13 Å². The number of halogens is 2. The van der Waals surface area contributed by atoms with E-state index < -0.39 is 0 Å². The molecular weight excluding hydrogens is 277 g/mol. The minimum Gasteiger partial charge on any atom is -0.494 e. The fourth-order valence-corrected chi connectivity index (χ4v) is 2.20. The first-order chi connectivity index (χ1) is 9.60. The Hall–Kier alpha value is -1.58. The first-order valence-electron chi connectivity index (χ1n) is 6.41. The molecule has 4 heteroatoms. The van der Waals surface area contributed by atoms with Crippen LogP contribution in [-0.4, -0.2) is 7.11 Å². The number of hydrogen-bond acceptors (Lipinski definition) is 2. The quantitative estimate of drug-likeness (QED) is 0.885. The highest BCUT2D eigenvalue weighted by Gasteiger charge is 2.09. The highest BCUT2D eigenvalue weighted by molar-refractivity contribution is 6.30. The summed E-state index contributed by atoms with van der Waals surface area (Å²) in [6, 6.07) is 12.7. The molecule has 106 valence electrons. The molecule has 0 radical (unpaired) electrons. The Morgan fingerprint density at radius 2 is 2.05 bits per heavy atom. The molecule has 1 unspecified atom stereocenters. The van der Waals surface area contributed by atoms with Crippen LogP contribution in [0.1, 0.15) is 24.1 Å². The third kappa shape index (κ3) is 3.71. The van der Waals surface area contributed by atoms with Crippen molar-refractivity contribution in [3.05, 3.63) is 64.4 Å². The van der Waals surface area contributed by atoms with Gasteiger partial charge in [-0.1, -0.05) is 29.8 Å². The molecule has 1 N–H and O–H groups in total. The Bertz CT molecular complexity index is 588. The summed E-state index contributed by atoms with van der Waals surface area (Å²) in [5.41, 5.74) is 1.98.